The molecule has 0 bridgehead atoms. The van der Waals surface area contributed by atoms with Crippen molar-refractivity contribution in [3.63, 3.8) is 0 Å². The molecule has 4 nitrogen and oxygen atoms in total. The molecule has 2 aromatic rings. The summed E-state index contributed by atoms with van der Waals surface area (Å²) in [4.78, 5) is 4.07. The second-order valence-electron chi connectivity index (χ2n) is 4.14. The van der Waals surface area contributed by atoms with Crippen LogP contribution in [-0.4, -0.2) is 15.2 Å². The van der Waals surface area contributed by atoms with E-state index in [-0.39, 0.29) is 12.3 Å². The Morgan fingerprint density at radius 2 is 1.94 bits per heavy atom. The number of nitrogens with zero attached hydrogens (tertiary/aromatic N) is 1. The fourth-order valence-electron chi connectivity index (χ4n) is 1.93. The third-order valence-corrected chi connectivity index (χ3v) is 2.99. The zero-order chi connectivity index (χ0) is 13.1. The van der Waals surface area contributed by atoms with Gasteiger partial charge in [-0.05, 0) is 12.5 Å². The van der Waals surface area contributed by atoms with Gasteiger partial charge < -0.3 is 15.9 Å². The van der Waals surface area contributed by atoms with Crippen molar-refractivity contribution in [2.24, 2.45) is 5.73 Å². The van der Waals surface area contributed by atoms with Crippen LogP contribution < -0.4 is 5.73 Å². The molecule has 94 valence electrons. The van der Waals surface area contributed by atoms with Crippen LogP contribution in [0.15, 0.2) is 36.5 Å². The van der Waals surface area contributed by atoms with Crippen molar-refractivity contribution in [2.75, 3.05) is 0 Å². The number of benzene rings is 1. The minimum Gasteiger partial charge on any atom is -0.506 e. The van der Waals surface area contributed by atoms with Gasteiger partial charge in [-0.25, -0.2) is 0 Å². The van der Waals surface area contributed by atoms with Crippen LogP contribution >= 0.6 is 0 Å². The summed E-state index contributed by atoms with van der Waals surface area (Å²) in [5.74, 6) is 0.0602. The van der Waals surface area contributed by atoms with Crippen LogP contribution in [0.5, 0.6) is 5.75 Å². The third kappa shape index (κ3) is 2.20. The van der Waals surface area contributed by atoms with Crippen molar-refractivity contribution in [2.45, 2.75) is 19.6 Å². The van der Waals surface area contributed by atoms with E-state index in [1.807, 2.05) is 30.3 Å². The molecule has 4 N–H and O–H groups in total. The van der Waals surface area contributed by atoms with E-state index in [9.17, 15) is 10.2 Å². The summed E-state index contributed by atoms with van der Waals surface area (Å²) >= 11 is 0. The first-order valence-corrected chi connectivity index (χ1v) is 5.75. The van der Waals surface area contributed by atoms with E-state index in [0.717, 1.165) is 5.56 Å². The summed E-state index contributed by atoms with van der Waals surface area (Å²) in [7, 11) is 0. The zero-order valence-corrected chi connectivity index (χ0v) is 10.2. The van der Waals surface area contributed by atoms with Gasteiger partial charge in [-0.15, -0.1) is 0 Å². The van der Waals surface area contributed by atoms with Gasteiger partial charge in [-0.3, -0.25) is 4.98 Å². The Bertz CT molecular complexity index is 541. The predicted molar refractivity (Wildman–Crippen MR) is 69.0 cm³/mol. The van der Waals surface area contributed by atoms with E-state index in [1.54, 1.807) is 13.1 Å². The Balaban J connectivity index is 2.49. The van der Waals surface area contributed by atoms with Gasteiger partial charge >= 0.3 is 0 Å². The molecular weight excluding hydrogens is 228 g/mol. The highest BCUT2D eigenvalue weighted by molar-refractivity contribution is 5.44. The Kier molecular flexibility index (Phi) is 3.60. The maximum absolute atomic E-state index is 10.3. The number of aromatic nitrogens is 1. The lowest BCUT2D eigenvalue weighted by atomic mass is 9.97. The van der Waals surface area contributed by atoms with E-state index in [0.29, 0.717) is 16.8 Å². The molecule has 0 spiro atoms. The molecule has 0 radical (unpaired) electrons. The second-order valence-corrected chi connectivity index (χ2v) is 4.14. The third-order valence-electron chi connectivity index (χ3n) is 2.99. The van der Waals surface area contributed by atoms with Crippen molar-refractivity contribution in [1.29, 1.82) is 0 Å². The first-order chi connectivity index (χ1) is 8.65. The van der Waals surface area contributed by atoms with Gasteiger partial charge in [-0.1, -0.05) is 30.3 Å². The normalized spacial score (nSPS) is 12.4. The van der Waals surface area contributed by atoms with Crippen molar-refractivity contribution >= 4 is 0 Å². The highest BCUT2D eigenvalue weighted by Crippen LogP contribution is 2.30. The van der Waals surface area contributed by atoms with E-state index in [2.05, 4.69) is 4.98 Å². The largest absolute Gasteiger partial charge is 0.506 e. The topological polar surface area (TPSA) is 79.4 Å². The van der Waals surface area contributed by atoms with Crippen LogP contribution in [0.4, 0.5) is 0 Å². The molecule has 1 heterocycles. The molecule has 18 heavy (non-hydrogen) atoms. The number of rotatable bonds is 3. The van der Waals surface area contributed by atoms with Gasteiger partial charge in [-0.2, -0.15) is 0 Å². The molecule has 1 atom stereocenters. The van der Waals surface area contributed by atoms with Crippen molar-refractivity contribution in [3.8, 4) is 5.75 Å². The molecule has 0 aliphatic heterocycles. The van der Waals surface area contributed by atoms with Gasteiger partial charge in [0.25, 0.3) is 0 Å². The number of hydrogen-bond acceptors (Lipinski definition) is 4. The highest BCUT2D eigenvalue weighted by atomic mass is 16.3. The first kappa shape index (κ1) is 12.5. The lowest BCUT2D eigenvalue weighted by Gasteiger charge is -2.16. The quantitative estimate of drug-likeness (QED) is 0.766. The molecule has 0 fully saturated rings. The average molecular weight is 244 g/mol. The minimum atomic E-state index is -0.830. The monoisotopic (exact) mass is 244 g/mol. The van der Waals surface area contributed by atoms with E-state index < -0.39 is 6.10 Å². The predicted octanol–water partition coefficient (Wildman–Crippen LogP) is 1.64. The van der Waals surface area contributed by atoms with Gasteiger partial charge in [0.05, 0.1) is 5.69 Å². The number of aliphatic hydroxyl groups excluding tert-OH is 1. The fourth-order valence-corrected chi connectivity index (χ4v) is 1.93. The van der Waals surface area contributed by atoms with Crippen LogP contribution in [0, 0.1) is 6.92 Å². The minimum absolute atomic E-state index is 0.0602. The van der Waals surface area contributed by atoms with Gasteiger partial charge in [0, 0.05) is 23.9 Å². The van der Waals surface area contributed by atoms with Crippen LogP contribution in [0.25, 0.3) is 0 Å². The number of aromatic hydroxyl groups is 1. The highest BCUT2D eigenvalue weighted by Gasteiger charge is 2.18. The summed E-state index contributed by atoms with van der Waals surface area (Å²) in [6.45, 7) is 1.86. The van der Waals surface area contributed by atoms with E-state index in [1.165, 1.54) is 0 Å². The summed E-state index contributed by atoms with van der Waals surface area (Å²) in [6.07, 6.45) is 0.735. The summed E-state index contributed by atoms with van der Waals surface area (Å²) in [6, 6.07) is 9.22. The lowest BCUT2D eigenvalue weighted by Crippen LogP contribution is -2.09. The van der Waals surface area contributed by atoms with Crippen LogP contribution in [0.2, 0.25) is 0 Å². The Morgan fingerprint density at radius 3 is 2.56 bits per heavy atom. The molecule has 1 aromatic heterocycles. The van der Waals surface area contributed by atoms with Crippen molar-refractivity contribution in [3.05, 3.63) is 58.9 Å². The number of nitrogens with two attached hydrogens (primary N) is 1. The van der Waals surface area contributed by atoms with E-state index in [4.69, 9.17) is 5.73 Å². The molecular formula is C14H16N2O2. The number of aryl methyl sites for hydroxylation is 1. The first-order valence-electron chi connectivity index (χ1n) is 5.75. The average Bonchev–Trinajstić information content (AvgIpc) is 2.42. The zero-order valence-electron chi connectivity index (χ0n) is 10.2. The molecule has 1 unspecified atom stereocenters. The Morgan fingerprint density at radius 1 is 1.28 bits per heavy atom. The number of aliphatic hydroxyl groups is 1. The van der Waals surface area contributed by atoms with Gasteiger partial charge in [0.2, 0.25) is 0 Å². The van der Waals surface area contributed by atoms with Gasteiger partial charge in [0.1, 0.15) is 11.9 Å². The summed E-state index contributed by atoms with van der Waals surface area (Å²) in [5.41, 5.74) is 7.99. The van der Waals surface area contributed by atoms with Crippen molar-refractivity contribution < 1.29 is 10.2 Å². The maximum Gasteiger partial charge on any atom is 0.141 e. The SMILES string of the molecule is Cc1ncc(C(O)c2ccccc2)c(CN)c1O. The maximum atomic E-state index is 10.3. The molecule has 0 aliphatic carbocycles. The van der Waals surface area contributed by atoms with E-state index >= 15 is 0 Å². The molecule has 0 saturated carbocycles. The van der Waals surface area contributed by atoms with Crippen LogP contribution in [-0.2, 0) is 6.54 Å². The van der Waals surface area contributed by atoms with Crippen LogP contribution in [0.1, 0.15) is 28.5 Å². The van der Waals surface area contributed by atoms with Crippen LogP contribution in [0.3, 0.4) is 0 Å². The molecule has 4 heteroatoms. The van der Waals surface area contributed by atoms with Crippen molar-refractivity contribution in [1.82, 2.24) is 4.98 Å². The standard InChI is InChI=1S/C14H16N2O2/c1-9-13(17)11(7-15)12(8-16-9)14(18)10-5-3-2-4-6-10/h2-6,8,14,17-18H,7,15H2,1H3. The molecule has 0 aliphatic rings. The molecule has 1 aromatic carbocycles. The smallest absolute Gasteiger partial charge is 0.141 e. The summed E-state index contributed by atoms with van der Waals surface area (Å²) < 4.78 is 0. The molecule has 2 rings (SSSR count). The Labute approximate surface area is 106 Å². The number of pyridine rings is 1. The van der Waals surface area contributed by atoms with Gasteiger partial charge in [0.15, 0.2) is 0 Å². The number of hydrogen-bond donors (Lipinski definition) is 3. The fraction of sp³-hybridized carbons (Fsp3) is 0.214. The second kappa shape index (κ2) is 5.16. The molecule has 0 saturated heterocycles. The Hall–Kier alpha value is -1.91. The molecule has 0 amide bonds. The summed E-state index contributed by atoms with van der Waals surface area (Å²) in [5, 5.41) is 20.2. The lowest BCUT2D eigenvalue weighted by molar-refractivity contribution is 0.218.